The van der Waals surface area contributed by atoms with Crippen LogP contribution in [-0.4, -0.2) is 31.6 Å². The molecule has 0 atom stereocenters. The number of hydrogen-bond donors (Lipinski definition) is 2. The normalized spacial score (nSPS) is 13.8. The van der Waals surface area contributed by atoms with Gasteiger partial charge in [-0.1, -0.05) is 12.1 Å². The summed E-state index contributed by atoms with van der Waals surface area (Å²) in [7, 11) is 3.97. The molecule has 2 N–H and O–H groups in total. The van der Waals surface area contributed by atoms with Crippen LogP contribution < -0.4 is 15.5 Å². The fourth-order valence-corrected chi connectivity index (χ4v) is 4.00. The summed E-state index contributed by atoms with van der Waals surface area (Å²) in [6.07, 6.45) is 2.40. The van der Waals surface area contributed by atoms with Crippen molar-refractivity contribution in [3.05, 3.63) is 44.9 Å². The number of rotatable bonds is 4. The second-order valence-electron chi connectivity index (χ2n) is 6.52. The van der Waals surface area contributed by atoms with E-state index in [2.05, 4.69) is 64.6 Å². The number of fused-ring (bicyclic) bond motifs is 1. The molecule has 0 saturated carbocycles. The van der Waals surface area contributed by atoms with Gasteiger partial charge in [0.15, 0.2) is 5.96 Å². The van der Waals surface area contributed by atoms with Gasteiger partial charge in [0.1, 0.15) is 5.01 Å². The summed E-state index contributed by atoms with van der Waals surface area (Å²) >= 11 is 1.74. The summed E-state index contributed by atoms with van der Waals surface area (Å²) in [5.41, 5.74) is 5.22. The minimum atomic E-state index is 0. The molecule has 3 rings (SSSR count). The van der Waals surface area contributed by atoms with Gasteiger partial charge in [0, 0.05) is 37.7 Å². The number of aliphatic imine (C=N–C) groups is 1. The molecule has 1 aromatic carbocycles. The van der Waals surface area contributed by atoms with E-state index in [1.807, 2.05) is 0 Å². The fourth-order valence-electron chi connectivity index (χ4n) is 3.13. The number of thiazole rings is 1. The molecular weight excluding hydrogens is 457 g/mol. The molecule has 1 aliphatic heterocycles. The Labute approximate surface area is 177 Å². The van der Waals surface area contributed by atoms with E-state index in [1.54, 1.807) is 18.4 Å². The van der Waals surface area contributed by atoms with Crippen molar-refractivity contribution in [1.82, 2.24) is 15.6 Å². The minimum absolute atomic E-state index is 0. The summed E-state index contributed by atoms with van der Waals surface area (Å²) < 4.78 is 0. The zero-order chi connectivity index (χ0) is 17.8. The average molecular weight is 485 g/mol. The van der Waals surface area contributed by atoms with Crippen LogP contribution in [0, 0.1) is 13.8 Å². The summed E-state index contributed by atoms with van der Waals surface area (Å²) in [6.45, 7) is 6.78. The molecule has 1 aromatic heterocycles. The van der Waals surface area contributed by atoms with Crippen LogP contribution in [0.4, 0.5) is 5.69 Å². The highest BCUT2D eigenvalue weighted by atomic mass is 127. The van der Waals surface area contributed by atoms with Gasteiger partial charge in [-0.2, -0.15) is 0 Å². The average Bonchev–Trinajstić information content (AvgIpc) is 2.93. The van der Waals surface area contributed by atoms with Crippen LogP contribution >= 0.6 is 35.3 Å². The molecule has 142 valence electrons. The van der Waals surface area contributed by atoms with Crippen molar-refractivity contribution < 1.29 is 0 Å². The monoisotopic (exact) mass is 485 g/mol. The number of aromatic nitrogens is 1. The first-order valence-electron chi connectivity index (χ1n) is 8.77. The highest BCUT2D eigenvalue weighted by molar-refractivity contribution is 14.0. The van der Waals surface area contributed by atoms with Crippen molar-refractivity contribution in [3.8, 4) is 0 Å². The first kappa shape index (κ1) is 21.0. The number of nitrogens with one attached hydrogen (secondary N) is 2. The second kappa shape index (κ2) is 9.55. The fraction of sp³-hybridized carbons (Fsp3) is 0.474. The maximum Gasteiger partial charge on any atom is 0.191 e. The molecule has 5 nitrogen and oxygen atoms in total. The van der Waals surface area contributed by atoms with Gasteiger partial charge in [-0.25, -0.2) is 4.98 Å². The third kappa shape index (κ3) is 5.09. The van der Waals surface area contributed by atoms with E-state index < -0.39 is 0 Å². The van der Waals surface area contributed by atoms with Gasteiger partial charge < -0.3 is 15.5 Å². The van der Waals surface area contributed by atoms with E-state index in [9.17, 15) is 0 Å². The van der Waals surface area contributed by atoms with E-state index in [1.165, 1.54) is 34.5 Å². The number of hydrogen-bond acceptors (Lipinski definition) is 4. The maximum absolute atomic E-state index is 4.56. The Kier molecular flexibility index (Phi) is 7.69. The lowest BCUT2D eigenvalue weighted by molar-refractivity contribution is 0.740. The Balaban J connectivity index is 0.00000243. The first-order chi connectivity index (χ1) is 12.1. The zero-order valence-electron chi connectivity index (χ0n) is 15.9. The van der Waals surface area contributed by atoms with Crippen LogP contribution in [0.3, 0.4) is 0 Å². The van der Waals surface area contributed by atoms with Gasteiger partial charge in [0.2, 0.25) is 0 Å². The van der Waals surface area contributed by atoms with E-state index in [4.69, 9.17) is 0 Å². The highest BCUT2D eigenvalue weighted by Gasteiger charge is 2.13. The lowest BCUT2D eigenvalue weighted by atomic mass is 9.99. The number of guanidine groups is 1. The molecule has 0 amide bonds. The van der Waals surface area contributed by atoms with Crippen molar-refractivity contribution in [2.75, 3.05) is 25.5 Å². The SMILES string of the molecule is CN=C(NCc1ccc2c(c1)CCCN2C)NCc1nc(C)c(C)s1.I. The van der Waals surface area contributed by atoms with Crippen LogP contribution in [0.25, 0.3) is 0 Å². The van der Waals surface area contributed by atoms with Crippen LogP contribution in [0.15, 0.2) is 23.2 Å². The number of aryl methyl sites for hydroxylation is 3. The molecule has 2 aromatic rings. The van der Waals surface area contributed by atoms with Gasteiger partial charge in [-0.05, 0) is 43.9 Å². The Bertz CT molecular complexity index is 752. The van der Waals surface area contributed by atoms with Crippen molar-refractivity contribution in [2.45, 2.75) is 39.8 Å². The largest absolute Gasteiger partial charge is 0.374 e. The van der Waals surface area contributed by atoms with Gasteiger partial charge in [0.05, 0.1) is 12.2 Å². The lowest BCUT2D eigenvalue weighted by Gasteiger charge is -2.28. The molecule has 0 bridgehead atoms. The molecule has 26 heavy (non-hydrogen) atoms. The predicted octanol–water partition coefficient (Wildman–Crippen LogP) is 3.63. The molecule has 7 heteroatoms. The number of nitrogens with zero attached hydrogens (tertiary/aromatic N) is 3. The van der Waals surface area contributed by atoms with E-state index in [0.717, 1.165) is 29.8 Å². The van der Waals surface area contributed by atoms with Crippen LogP contribution in [0.5, 0.6) is 0 Å². The second-order valence-corrected chi connectivity index (χ2v) is 7.80. The molecule has 0 saturated heterocycles. The topological polar surface area (TPSA) is 52.6 Å². The molecule has 0 spiro atoms. The quantitative estimate of drug-likeness (QED) is 0.395. The first-order valence-corrected chi connectivity index (χ1v) is 9.59. The van der Waals surface area contributed by atoms with Gasteiger partial charge in [-0.3, -0.25) is 4.99 Å². The lowest BCUT2D eigenvalue weighted by Crippen LogP contribution is -2.36. The smallest absolute Gasteiger partial charge is 0.191 e. The van der Waals surface area contributed by atoms with Crippen LogP contribution in [-0.2, 0) is 19.5 Å². The van der Waals surface area contributed by atoms with Crippen LogP contribution in [0.1, 0.15) is 33.1 Å². The summed E-state index contributed by atoms with van der Waals surface area (Å²) in [6, 6.07) is 6.76. The molecule has 0 fully saturated rings. The standard InChI is InChI=1S/C19H27N5S.HI/c1-13-14(2)25-18(23-13)12-22-19(20-3)21-11-15-7-8-17-16(10-15)6-5-9-24(17)4;/h7-8,10H,5-6,9,11-12H2,1-4H3,(H2,20,21,22);1H. The molecule has 0 aliphatic carbocycles. The maximum atomic E-state index is 4.56. The number of benzene rings is 1. The van der Waals surface area contributed by atoms with Crippen molar-refractivity contribution >= 4 is 47.0 Å². The predicted molar refractivity (Wildman–Crippen MR) is 122 cm³/mol. The van der Waals surface area contributed by atoms with E-state index in [-0.39, 0.29) is 24.0 Å². The number of halogens is 1. The van der Waals surface area contributed by atoms with Gasteiger partial charge in [0.25, 0.3) is 0 Å². The Morgan fingerprint density at radius 1 is 1.27 bits per heavy atom. The Hall–Kier alpha value is -1.35. The number of anilines is 1. The molecule has 2 heterocycles. The van der Waals surface area contributed by atoms with Gasteiger partial charge >= 0.3 is 0 Å². The highest BCUT2D eigenvalue weighted by Crippen LogP contribution is 2.26. The van der Waals surface area contributed by atoms with E-state index in [0.29, 0.717) is 6.54 Å². The minimum Gasteiger partial charge on any atom is -0.374 e. The molecular formula is C19H28IN5S. The third-order valence-electron chi connectivity index (χ3n) is 4.66. The summed E-state index contributed by atoms with van der Waals surface area (Å²) in [5.74, 6) is 0.806. The van der Waals surface area contributed by atoms with Crippen molar-refractivity contribution in [3.63, 3.8) is 0 Å². The molecule has 1 aliphatic rings. The van der Waals surface area contributed by atoms with Crippen molar-refractivity contribution in [1.29, 1.82) is 0 Å². The van der Waals surface area contributed by atoms with Gasteiger partial charge in [-0.15, -0.1) is 35.3 Å². The van der Waals surface area contributed by atoms with Crippen molar-refractivity contribution in [2.24, 2.45) is 4.99 Å². The zero-order valence-corrected chi connectivity index (χ0v) is 19.1. The summed E-state index contributed by atoms with van der Waals surface area (Å²) in [5, 5.41) is 7.83. The Morgan fingerprint density at radius 3 is 2.73 bits per heavy atom. The third-order valence-corrected chi connectivity index (χ3v) is 5.73. The van der Waals surface area contributed by atoms with E-state index >= 15 is 0 Å². The summed E-state index contributed by atoms with van der Waals surface area (Å²) in [4.78, 5) is 12.5. The molecule has 0 radical (unpaired) electrons. The molecule has 0 unspecified atom stereocenters. The Morgan fingerprint density at radius 2 is 2.04 bits per heavy atom. The van der Waals surface area contributed by atoms with Crippen LogP contribution in [0.2, 0.25) is 0 Å².